The topological polar surface area (TPSA) is 82.1 Å². The van der Waals surface area contributed by atoms with Gasteiger partial charge in [-0.15, -0.1) is 0 Å². The Balaban J connectivity index is 2.34. The van der Waals surface area contributed by atoms with E-state index in [2.05, 4.69) is 10.1 Å². The zero-order valence-corrected chi connectivity index (χ0v) is 7.69. The molecule has 1 heterocycles. The molecule has 0 spiro atoms. The molecule has 0 amide bonds. The van der Waals surface area contributed by atoms with Crippen molar-refractivity contribution in [3.8, 4) is 0 Å². The van der Waals surface area contributed by atoms with E-state index in [9.17, 15) is 0 Å². The normalized spacial score (nSPS) is 26.2. The molecular weight excluding hydrogens is 170 g/mol. The highest BCUT2D eigenvalue weighted by molar-refractivity contribution is 5.81. The number of oxime groups is 1. The van der Waals surface area contributed by atoms with Crippen LogP contribution in [0.3, 0.4) is 0 Å². The second kappa shape index (κ2) is 5.04. The van der Waals surface area contributed by atoms with Gasteiger partial charge in [-0.05, 0) is 25.3 Å². The van der Waals surface area contributed by atoms with Crippen LogP contribution in [0.2, 0.25) is 0 Å². The standard InChI is InChI=1S/C8H17N3O2/c9-8(10-13)5-11-3-1-2-7(4-11)6-12/h7,12-13H,1-6H2,(H2,9,10). The summed E-state index contributed by atoms with van der Waals surface area (Å²) in [6.07, 6.45) is 2.15. The van der Waals surface area contributed by atoms with Crippen LogP contribution >= 0.6 is 0 Å². The van der Waals surface area contributed by atoms with Gasteiger partial charge in [0.05, 0.1) is 6.54 Å². The van der Waals surface area contributed by atoms with E-state index in [1.54, 1.807) is 0 Å². The summed E-state index contributed by atoms with van der Waals surface area (Å²) in [4.78, 5) is 2.10. The van der Waals surface area contributed by atoms with Crippen LogP contribution < -0.4 is 5.73 Å². The highest BCUT2D eigenvalue weighted by Gasteiger charge is 2.19. The minimum Gasteiger partial charge on any atom is -0.409 e. The number of piperidine rings is 1. The first-order chi connectivity index (χ1) is 6.26. The van der Waals surface area contributed by atoms with Crippen LogP contribution in [0.25, 0.3) is 0 Å². The lowest BCUT2D eigenvalue weighted by molar-refractivity contribution is 0.131. The Bertz CT molecular complexity index is 184. The van der Waals surface area contributed by atoms with Crippen molar-refractivity contribution in [2.75, 3.05) is 26.2 Å². The molecule has 1 aliphatic rings. The first kappa shape index (κ1) is 10.3. The van der Waals surface area contributed by atoms with Crippen molar-refractivity contribution in [3.63, 3.8) is 0 Å². The fourth-order valence-corrected chi connectivity index (χ4v) is 1.70. The SMILES string of the molecule is N/C(CN1CCCC(CO)C1)=N\O. The largest absolute Gasteiger partial charge is 0.409 e. The number of nitrogens with two attached hydrogens (primary N) is 1. The molecule has 1 atom stereocenters. The van der Waals surface area contributed by atoms with E-state index in [4.69, 9.17) is 16.0 Å². The van der Waals surface area contributed by atoms with Gasteiger partial charge in [-0.3, -0.25) is 4.90 Å². The van der Waals surface area contributed by atoms with Gasteiger partial charge in [-0.25, -0.2) is 0 Å². The molecule has 1 aliphatic heterocycles. The van der Waals surface area contributed by atoms with Gasteiger partial charge in [-0.1, -0.05) is 5.16 Å². The van der Waals surface area contributed by atoms with Crippen molar-refractivity contribution < 1.29 is 10.3 Å². The second-order valence-corrected chi connectivity index (χ2v) is 3.52. The Morgan fingerprint density at radius 3 is 3.00 bits per heavy atom. The molecule has 0 saturated carbocycles. The van der Waals surface area contributed by atoms with Gasteiger partial charge in [-0.2, -0.15) is 0 Å². The number of aliphatic hydroxyl groups excluding tert-OH is 1. The number of hydrogen-bond acceptors (Lipinski definition) is 4. The minimum atomic E-state index is 0.229. The maximum absolute atomic E-state index is 8.96. The summed E-state index contributed by atoms with van der Waals surface area (Å²) in [6, 6.07) is 0. The van der Waals surface area contributed by atoms with Crippen molar-refractivity contribution in [3.05, 3.63) is 0 Å². The monoisotopic (exact) mass is 187 g/mol. The highest BCUT2D eigenvalue weighted by Crippen LogP contribution is 2.14. The van der Waals surface area contributed by atoms with Crippen molar-refractivity contribution in [1.82, 2.24) is 4.90 Å². The molecule has 4 N–H and O–H groups in total. The molecule has 0 aromatic carbocycles. The summed E-state index contributed by atoms with van der Waals surface area (Å²) in [5.74, 6) is 0.582. The van der Waals surface area contributed by atoms with Crippen molar-refractivity contribution >= 4 is 5.84 Å². The molecule has 13 heavy (non-hydrogen) atoms. The number of nitrogens with zero attached hydrogens (tertiary/aromatic N) is 2. The van der Waals surface area contributed by atoms with Gasteiger partial charge >= 0.3 is 0 Å². The molecule has 1 saturated heterocycles. The molecule has 1 rings (SSSR count). The zero-order valence-electron chi connectivity index (χ0n) is 7.69. The van der Waals surface area contributed by atoms with Crippen LogP contribution in [0.5, 0.6) is 0 Å². The van der Waals surface area contributed by atoms with Gasteiger partial charge in [0.2, 0.25) is 0 Å². The third kappa shape index (κ3) is 3.20. The van der Waals surface area contributed by atoms with Crippen LogP contribution in [0.1, 0.15) is 12.8 Å². The number of amidine groups is 1. The van der Waals surface area contributed by atoms with E-state index in [0.717, 1.165) is 25.9 Å². The van der Waals surface area contributed by atoms with Crippen LogP contribution in [-0.4, -0.2) is 47.3 Å². The zero-order chi connectivity index (χ0) is 9.68. The Hall–Kier alpha value is -0.810. The third-order valence-corrected chi connectivity index (χ3v) is 2.38. The molecule has 1 unspecified atom stereocenters. The summed E-state index contributed by atoms with van der Waals surface area (Å²) < 4.78 is 0. The maximum Gasteiger partial charge on any atom is 0.153 e. The molecule has 1 fully saturated rings. The lowest BCUT2D eigenvalue weighted by Gasteiger charge is -2.31. The van der Waals surface area contributed by atoms with E-state index < -0.39 is 0 Å². The van der Waals surface area contributed by atoms with E-state index in [1.165, 1.54) is 0 Å². The molecule has 0 aromatic heterocycles. The predicted octanol–water partition coefficient (Wildman–Crippen LogP) is -0.563. The Labute approximate surface area is 77.8 Å². The smallest absolute Gasteiger partial charge is 0.153 e. The minimum absolute atomic E-state index is 0.229. The summed E-state index contributed by atoms with van der Waals surface area (Å²) in [5, 5.41) is 20.3. The quantitative estimate of drug-likeness (QED) is 0.239. The fraction of sp³-hybridized carbons (Fsp3) is 0.875. The van der Waals surface area contributed by atoms with Crippen molar-refractivity contribution in [2.45, 2.75) is 12.8 Å². The maximum atomic E-state index is 8.96. The van der Waals surface area contributed by atoms with Crippen LogP contribution in [0.15, 0.2) is 5.16 Å². The average molecular weight is 187 g/mol. The van der Waals surface area contributed by atoms with Gasteiger partial charge in [0, 0.05) is 13.2 Å². The molecule has 76 valence electrons. The van der Waals surface area contributed by atoms with Crippen molar-refractivity contribution in [1.29, 1.82) is 0 Å². The molecule has 0 aromatic rings. The highest BCUT2D eigenvalue weighted by atomic mass is 16.4. The van der Waals surface area contributed by atoms with Gasteiger partial charge < -0.3 is 16.0 Å². The number of hydrogen-bond donors (Lipinski definition) is 3. The molecule has 5 nitrogen and oxygen atoms in total. The number of likely N-dealkylation sites (tertiary alicyclic amines) is 1. The van der Waals surface area contributed by atoms with Crippen LogP contribution in [0.4, 0.5) is 0 Å². The van der Waals surface area contributed by atoms with Gasteiger partial charge in [0.1, 0.15) is 0 Å². The first-order valence-corrected chi connectivity index (χ1v) is 4.56. The van der Waals surface area contributed by atoms with Crippen molar-refractivity contribution in [2.24, 2.45) is 16.8 Å². The van der Waals surface area contributed by atoms with Gasteiger partial charge in [0.25, 0.3) is 0 Å². The average Bonchev–Trinajstić information content (AvgIpc) is 2.18. The third-order valence-electron chi connectivity index (χ3n) is 2.38. The fourth-order valence-electron chi connectivity index (χ4n) is 1.70. The summed E-state index contributed by atoms with van der Waals surface area (Å²) in [5.41, 5.74) is 5.39. The first-order valence-electron chi connectivity index (χ1n) is 4.56. The van der Waals surface area contributed by atoms with E-state index >= 15 is 0 Å². The lowest BCUT2D eigenvalue weighted by atomic mass is 9.99. The predicted molar refractivity (Wildman–Crippen MR) is 49.7 cm³/mol. The molecule has 0 bridgehead atoms. The van der Waals surface area contributed by atoms with E-state index in [-0.39, 0.29) is 12.4 Å². The molecule has 0 radical (unpaired) electrons. The van der Waals surface area contributed by atoms with Crippen LogP contribution in [-0.2, 0) is 0 Å². The molecule has 0 aliphatic carbocycles. The molecular formula is C8H17N3O2. The Morgan fingerprint density at radius 1 is 1.62 bits per heavy atom. The van der Waals surface area contributed by atoms with Gasteiger partial charge in [0.15, 0.2) is 5.84 Å². The number of aliphatic hydroxyl groups is 1. The summed E-state index contributed by atoms with van der Waals surface area (Å²) in [7, 11) is 0. The Morgan fingerprint density at radius 2 is 2.38 bits per heavy atom. The molecule has 5 heteroatoms. The lowest BCUT2D eigenvalue weighted by Crippen LogP contribution is -2.41. The second-order valence-electron chi connectivity index (χ2n) is 3.52. The van der Waals surface area contributed by atoms with Crippen LogP contribution in [0, 0.1) is 5.92 Å². The summed E-state index contributed by atoms with van der Waals surface area (Å²) >= 11 is 0. The van der Waals surface area contributed by atoms with E-state index in [1.807, 2.05) is 0 Å². The van der Waals surface area contributed by atoms with E-state index in [0.29, 0.717) is 12.5 Å². The Kier molecular flexibility index (Phi) is 3.98. The number of rotatable bonds is 3. The summed E-state index contributed by atoms with van der Waals surface area (Å²) in [6.45, 7) is 2.53.